The van der Waals surface area contributed by atoms with E-state index in [1.54, 1.807) is 38.8 Å². The van der Waals surface area contributed by atoms with Gasteiger partial charge < -0.3 is 19.5 Å². The Bertz CT molecular complexity index is 858. The van der Waals surface area contributed by atoms with Crippen LogP contribution in [0.4, 0.5) is 0 Å². The van der Waals surface area contributed by atoms with Gasteiger partial charge >= 0.3 is 0 Å². The summed E-state index contributed by atoms with van der Waals surface area (Å²) in [4.78, 5) is 18.0. The molecule has 1 aromatic heterocycles. The molecule has 0 aliphatic heterocycles. The quantitative estimate of drug-likeness (QED) is 0.447. The number of carbonyl (C=O) groups excluding carboxylic acids is 1. The SMILES string of the molecule is COCC#CC(C)(C)NC(=O)C(OC)Oc1ccc2ncc(SC)cc2c1. The highest BCUT2D eigenvalue weighted by molar-refractivity contribution is 7.98. The minimum Gasteiger partial charge on any atom is -0.455 e. The van der Waals surface area contributed by atoms with Crippen LogP contribution < -0.4 is 10.1 Å². The normalized spacial score (nSPS) is 12.2. The van der Waals surface area contributed by atoms with Crippen LogP contribution in [-0.4, -0.2) is 49.8 Å². The fourth-order valence-electron chi connectivity index (χ4n) is 2.33. The van der Waals surface area contributed by atoms with E-state index in [-0.39, 0.29) is 0 Å². The van der Waals surface area contributed by atoms with Crippen LogP contribution in [0.3, 0.4) is 0 Å². The van der Waals surface area contributed by atoms with Crippen molar-refractivity contribution >= 4 is 28.6 Å². The van der Waals surface area contributed by atoms with Crippen LogP contribution in [0.25, 0.3) is 10.9 Å². The van der Waals surface area contributed by atoms with Gasteiger partial charge in [-0.15, -0.1) is 11.8 Å². The van der Waals surface area contributed by atoms with Crippen molar-refractivity contribution in [3.05, 3.63) is 30.5 Å². The second kappa shape index (κ2) is 9.60. The molecule has 0 aliphatic rings. The molecule has 6 nitrogen and oxygen atoms in total. The van der Waals surface area contributed by atoms with Crippen molar-refractivity contribution in [3.63, 3.8) is 0 Å². The van der Waals surface area contributed by atoms with Gasteiger partial charge in [0.2, 0.25) is 0 Å². The molecule has 144 valence electrons. The number of rotatable bonds is 7. The molecule has 0 saturated carbocycles. The Balaban J connectivity index is 2.12. The van der Waals surface area contributed by atoms with Crippen molar-refractivity contribution in [1.29, 1.82) is 0 Å². The number of benzene rings is 1. The molecule has 0 bridgehead atoms. The van der Waals surface area contributed by atoms with Crippen LogP contribution in [0.2, 0.25) is 0 Å². The molecule has 2 rings (SSSR count). The molecule has 0 aliphatic carbocycles. The fourth-order valence-corrected chi connectivity index (χ4v) is 2.74. The van der Waals surface area contributed by atoms with Crippen molar-refractivity contribution in [2.75, 3.05) is 27.1 Å². The Morgan fingerprint density at radius 1 is 1.33 bits per heavy atom. The highest BCUT2D eigenvalue weighted by atomic mass is 32.2. The number of pyridine rings is 1. The first-order chi connectivity index (χ1) is 12.9. The highest BCUT2D eigenvalue weighted by Crippen LogP contribution is 2.24. The summed E-state index contributed by atoms with van der Waals surface area (Å²) in [6.45, 7) is 3.89. The molecular weight excluding hydrogens is 364 g/mol. The molecule has 0 spiro atoms. The average molecular weight is 388 g/mol. The van der Waals surface area contributed by atoms with E-state index in [0.29, 0.717) is 12.4 Å². The Labute approximate surface area is 164 Å². The van der Waals surface area contributed by atoms with Crippen molar-refractivity contribution in [2.45, 2.75) is 30.6 Å². The van der Waals surface area contributed by atoms with Gasteiger partial charge in [-0.3, -0.25) is 9.78 Å². The summed E-state index contributed by atoms with van der Waals surface area (Å²) in [6.07, 6.45) is 2.72. The molecule has 1 amide bonds. The zero-order valence-electron chi connectivity index (χ0n) is 16.2. The predicted octanol–water partition coefficient (Wildman–Crippen LogP) is 2.85. The highest BCUT2D eigenvalue weighted by Gasteiger charge is 2.26. The number of methoxy groups -OCH3 is 2. The van der Waals surface area contributed by atoms with E-state index in [2.05, 4.69) is 22.1 Å². The van der Waals surface area contributed by atoms with Crippen LogP contribution in [-0.2, 0) is 14.3 Å². The van der Waals surface area contributed by atoms with Crippen molar-refractivity contribution in [1.82, 2.24) is 10.3 Å². The summed E-state index contributed by atoms with van der Waals surface area (Å²) >= 11 is 1.61. The number of nitrogens with one attached hydrogen (secondary N) is 1. The zero-order chi connectivity index (χ0) is 19.9. The van der Waals surface area contributed by atoms with Crippen LogP contribution in [0.5, 0.6) is 5.75 Å². The molecular formula is C20H24N2O4S. The number of hydrogen-bond donors (Lipinski definition) is 1. The van der Waals surface area contributed by atoms with Crippen LogP contribution in [0.15, 0.2) is 35.4 Å². The second-order valence-corrected chi connectivity index (χ2v) is 7.14. The molecule has 1 unspecified atom stereocenters. The summed E-state index contributed by atoms with van der Waals surface area (Å²) in [5.74, 6) is 5.89. The molecule has 1 heterocycles. The van der Waals surface area contributed by atoms with E-state index in [9.17, 15) is 4.79 Å². The van der Waals surface area contributed by atoms with E-state index < -0.39 is 17.7 Å². The van der Waals surface area contributed by atoms with E-state index >= 15 is 0 Å². The van der Waals surface area contributed by atoms with Crippen molar-refractivity contribution in [3.8, 4) is 17.6 Å². The third-order valence-corrected chi connectivity index (χ3v) is 4.28. The number of fused-ring (bicyclic) bond motifs is 1. The van der Waals surface area contributed by atoms with Crippen LogP contribution in [0.1, 0.15) is 13.8 Å². The van der Waals surface area contributed by atoms with Gasteiger partial charge in [-0.05, 0) is 44.4 Å². The van der Waals surface area contributed by atoms with Gasteiger partial charge in [0.1, 0.15) is 12.4 Å². The van der Waals surface area contributed by atoms with E-state index in [1.165, 1.54) is 7.11 Å². The first kappa shape index (κ1) is 21.0. The maximum absolute atomic E-state index is 12.5. The predicted molar refractivity (Wildman–Crippen MR) is 107 cm³/mol. The Hall–Kier alpha value is -2.27. The second-order valence-electron chi connectivity index (χ2n) is 6.26. The fraction of sp³-hybridized carbons (Fsp3) is 0.400. The van der Waals surface area contributed by atoms with Gasteiger partial charge in [-0.2, -0.15) is 0 Å². The average Bonchev–Trinajstić information content (AvgIpc) is 2.65. The molecule has 0 saturated heterocycles. The molecule has 2 aromatic rings. The summed E-state index contributed by atoms with van der Waals surface area (Å²) in [6, 6.07) is 7.47. The Kier molecular flexibility index (Phi) is 7.48. The van der Waals surface area contributed by atoms with Crippen LogP contribution >= 0.6 is 11.8 Å². The molecule has 0 fully saturated rings. The monoisotopic (exact) mass is 388 g/mol. The number of ether oxygens (including phenoxy) is 3. The lowest BCUT2D eigenvalue weighted by atomic mass is 10.1. The largest absolute Gasteiger partial charge is 0.455 e. The number of aromatic nitrogens is 1. The Morgan fingerprint density at radius 3 is 2.78 bits per heavy atom. The smallest absolute Gasteiger partial charge is 0.290 e. The number of carbonyl (C=O) groups is 1. The molecule has 0 radical (unpaired) electrons. The van der Waals surface area contributed by atoms with E-state index in [0.717, 1.165) is 15.8 Å². The summed E-state index contributed by atoms with van der Waals surface area (Å²) < 4.78 is 15.9. The van der Waals surface area contributed by atoms with E-state index in [4.69, 9.17) is 14.2 Å². The minimum atomic E-state index is -1.09. The third kappa shape index (κ3) is 6.14. The van der Waals surface area contributed by atoms with Gasteiger partial charge in [-0.1, -0.05) is 11.8 Å². The van der Waals surface area contributed by atoms with Gasteiger partial charge in [-0.25, -0.2) is 0 Å². The first-order valence-electron chi connectivity index (χ1n) is 8.33. The van der Waals surface area contributed by atoms with Gasteiger partial charge in [0, 0.05) is 30.7 Å². The topological polar surface area (TPSA) is 69.7 Å². The minimum absolute atomic E-state index is 0.298. The van der Waals surface area contributed by atoms with Gasteiger partial charge in [0.05, 0.1) is 11.1 Å². The summed E-state index contributed by atoms with van der Waals surface area (Å²) in [5.41, 5.74) is 0.115. The standard InChI is InChI=1S/C20H24N2O4S/c1-20(2,9-6-10-24-3)22-18(23)19(25-4)26-15-7-8-17-14(11-15)12-16(27-5)13-21-17/h7-8,11-13,19H,10H2,1-5H3,(H,22,23). The Morgan fingerprint density at radius 2 is 2.11 bits per heavy atom. The number of amides is 1. The lowest BCUT2D eigenvalue weighted by molar-refractivity contribution is -0.149. The number of hydrogen-bond acceptors (Lipinski definition) is 6. The molecule has 1 aromatic carbocycles. The van der Waals surface area contributed by atoms with Crippen LogP contribution in [0, 0.1) is 11.8 Å². The van der Waals surface area contributed by atoms with E-state index in [1.807, 2.05) is 30.7 Å². The number of thioether (sulfide) groups is 1. The van der Waals surface area contributed by atoms with Crippen molar-refractivity contribution in [2.24, 2.45) is 0 Å². The van der Waals surface area contributed by atoms with Gasteiger partial charge in [0.15, 0.2) is 0 Å². The molecule has 1 atom stereocenters. The first-order valence-corrected chi connectivity index (χ1v) is 9.55. The number of nitrogens with zero attached hydrogens (tertiary/aromatic N) is 1. The molecule has 7 heteroatoms. The molecule has 1 N–H and O–H groups in total. The summed E-state index contributed by atoms with van der Waals surface area (Å²) in [5, 5.41) is 3.74. The maximum atomic E-state index is 12.5. The lowest BCUT2D eigenvalue weighted by Crippen LogP contribution is -2.49. The molecule has 27 heavy (non-hydrogen) atoms. The summed E-state index contributed by atoms with van der Waals surface area (Å²) in [7, 11) is 2.98. The van der Waals surface area contributed by atoms with Crippen molar-refractivity contribution < 1.29 is 19.0 Å². The van der Waals surface area contributed by atoms with Gasteiger partial charge in [0.25, 0.3) is 12.2 Å². The maximum Gasteiger partial charge on any atom is 0.290 e. The third-order valence-electron chi connectivity index (χ3n) is 3.59. The lowest BCUT2D eigenvalue weighted by Gasteiger charge is -2.24. The zero-order valence-corrected chi connectivity index (χ0v) is 17.0.